The molecule has 5 nitrogen and oxygen atoms in total. The summed E-state index contributed by atoms with van der Waals surface area (Å²) in [4.78, 5) is 0.147. The molecule has 0 saturated carbocycles. The van der Waals surface area contributed by atoms with Gasteiger partial charge in [-0.1, -0.05) is 18.0 Å². The Bertz CT molecular complexity index is 628. The summed E-state index contributed by atoms with van der Waals surface area (Å²) in [7, 11) is -2.15. The van der Waals surface area contributed by atoms with Crippen LogP contribution in [0.3, 0.4) is 0 Å². The number of hydrogen-bond acceptors (Lipinski definition) is 4. The first kappa shape index (κ1) is 20.0. The molecule has 0 radical (unpaired) electrons. The first-order chi connectivity index (χ1) is 9.91. The molecule has 1 aromatic rings. The zero-order valence-corrected chi connectivity index (χ0v) is 16.1. The summed E-state index contributed by atoms with van der Waals surface area (Å²) in [6.07, 6.45) is 2.63. The van der Waals surface area contributed by atoms with Crippen LogP contribution in [0.1, 0.15) is 19.3 Å². The molecule has 126 valence electrons. The Morgan fingerprint density at radius 2 is 2.14 bits per heavy atom. The standard InChI is InChI=1S/C13H18BrClN2O3S.ClH/c1-20-12-6-10(14)13(7-11(12)15)21(18,19)17-5-3-2-4-9(17)8-16;/h6-7,9H,2-5,8,16H2,1H3;1H. The van der Waals surface area contributed by atoms with E-state index in [0.717, 1.165) is 19.3 Å². The topological polar surface area (TPSA) is 72.6 Å². The van der Waals surface area contributed by atoms with Crippen LogP contribution in [0, 0.1) is 0 Å². The highest BCUT2D eigenvalue weighted by Crippen LogP contribution is 2.36. The second-order valence-corrected chi connectivity index (χ2v) is 8.04. The van der Waals surface area contributed by atoms with Crippen molar-refractivity contribution in [2.75, 3.05) is 20.2 Å². The number of methoxy groups -OCH3 is 1. The van der Waals surface area contributed by atoms with E-state index in [1.807, 2.05) is 0 Å². The van der Waals surface area contributed by atoms with Crippen LogP contribution in [0.4, 0.5) is 0 Å². The summed E-state index contributed by atoms with van der Waals surface area (Å²) in [5.41, 5.74) is 5.72. The Kier molecular flexibility index (Phi) is 7.42. The fraction of sp³-hybridized carbons (Fsp3) is 0.538. The molecule has 1 aliphatic rings. The van der Waals surface area contributed by atoms with Crippen molar-refractivity contribution in [3.63, 3.8) is 0 Å². The van der Waals surface area contributed by atoms with Crippen LogP contribution in [0.25, 0.3) is 0 Å². The smallest absolute Gasteiger partial charge is 0.244 e. The number of ether oxygens (including phenoxy) is 1. The van der Waals surface area contributed by atoms with Crippen LogP contribution in [0.2, 0.25) is 5.02 Å². The third-order valence-electron chi connectivity index (χ3n) is 3.64. The van der Waals surface area contributed by atoms with Gasteiger partial charge in [0.1, 0.15) is 5.75 Å². The van der Waals surface area contributed by atoms with Gasteiger partial charge in [-0.15, -0.1) is 12.4 Å². The Morgan fingerprint density at radius 3 is 2.73 bits per heavy atom. The van der Waals surface area contributed by atoms with E-state index >= 15 is 0 Å². The van der Waals surface area contributed by atoms with Crippen LogP contribution in [-0.4, -0.2) is 39.0 Å². The van der Waals surface area contributed by atoms with Gasteiger partial charge in [0, 0.05) is 23.6 Å². The number of nitrogens with zero attached hydrogens (tertiary/aromatic N) is 1. The van der Waals surface area contributed by atoms with Crippen molar-refractivity contribution in [2.45, 2.75) is 30.2 Å². The normalized spacial score (nSPS) is 19.5. The lowest BCUT2D eigenvalue weighted by Gasteiger charge is -2.34. The summed E-state index contributed by atoms with van der Waals surface area (Å²) in [6, 6.07) is 2.83. The maximum atomic E-state index is 12.9. The molecule has 0 aromatic heterocycles. The molecule has 0 amide bonds. The van der Waals surface area contributed by atoms with Crippen molar-refractivity contribution < 1.29 is 13.2 Å². The molecule has 1 aliphatic heterocycles. The first-order valence-corrected chi connectivity index (χ1v) is 9.28. The van der Waals surface area contributed by atoms with E-state index in [1.54, 1.807) is 6.07 Å². The Morgan fingerprint density at radius 1 is 1.45 bits per heavy atom. The molecule has 2 N–H and O–H groups in total. The molecule has 2 rings (SSSR count). The van der Waals surface area contributed by atoms with E-state index in [0.29, 0.717) is 23.3 Å². The molecule has 0 bridgehead atoms. The predicted octanol–water partition coefficient (Wildman–Crippen LogP) is 3.03. The van der Waals surface area contributed by atoms with Gasteiger partial charge in [0.2, 0.25) is 10.0 Å². The SMILES string of the molecule is COc1cc(Br)c(S(=O)(=O)N2CCCCC2CN)cc1Cl.Cl. The van der Waals surface area contributed by atoms with Crippen LogP contribution in [-0.2, 0) is 10.0 Å². The third-order valence-corrected chi connectivity index (χ3v) is 6.84. The highest BCUT2D eigenvalue weighted by Gasteiger charge is 2.34. The largest absolute Gasteiger partial charge is 0.495 e. The van der Waals surface area contributed by atoms with E-state index in [4.69, 9.17) is 22.1 Å². The number of piperidine rings is 1. The summed E-state index contributed by atoms with van der Waals surface area (Å²) in [6.45, 7) is 0.807. The molecule has 1 saturated heterocycles. The van der Waals surface area contributed by atoms with Gasteiger partial charge in [-0.3, -0.25) is 0 Å². The second kappa shape index (κ2) is 8.17. The fourth-order valence-electron chi connectivity index (χ4n) is 2.52. The van der Waals surface area contributed by atoms with Gasteiger partial charge in [-0.2, -0.15) is 4.31 Å². The lowest BCUT2D eigenvalue weighted by molar-refractivity contribution is 0.257. The summed E-state index contributed by atoms with van der Waals surface area (Å²) in [5.74, 6) is 0.427. The lowest BCUT2D eigenvalue weighted by Crippen LogP contribution is -2.47. The number of halogens is 3. The lowest BCUT2D eigenvalue weighted by atomic mass is 10.1. The molecule has 1 aromatic carbocycles. The Balaban J connectivity index is 0.00000242. The number of benzene rings is 1. The van der Waals surface area contributed by atoms with Gasteiger partial charge in [-0.05, 0) is 40.9 Å². The third kappa shape index (κ3) is 3.88. The fourth-order valence-corrected chi connectivity index (χ4v) is 5.54. The minimum atomic E-state index is -3.64. The molecular formula is C13H19BrCl2N2O3S. The maximum absolute atomic E-state index is 12.9. The highest BCUT2D eigenvalue weighted by molar-refractivity contribution is 9.10. The minimum absolute atomic E-state index is 0. The van der Waals surface area contributed by atoms with Gasteiger partial charge in [0.05, 0.1) is 17.0 Å². The Labute approximate surface area is 150 Å². The van der Waals surface area contributed by atoms with Crippen molar-refractivity contribution in [2.24, 2.45) is 5.73 Å². The second-order valence-electron chi connectivity index (χ2n) is 4.92. The van der Waals surface area contributed by atoms with Crippen molar-refractivity contribution in [3.05, 3.63) is 21.6 Å². The maximum Gasteiger partial charge on any atom is 0.244 e. The minimum Gasteiger partial charge on any atom is -0.495 e. The number of rotatable bonds is 4. The molecule has 1 fully saturated rings. The van der Waals surface area contributed by atoms with Crippen molar-refractivity contribution in [1.82, 2.24) is 4.31 Å². The first-order valence-electron chi connectivity index (χ1n) is 6.66. The van der Waals surface area contributed by atoms with Crippen LogP contribution >= 0.6 is 39.9 Å². The molecule has 0 spiro atoms. The molecule has 9 heteroatoms. The average molecular weight is 434 g/mol. The van der Waals surface area contributed by atoms with E-state index in [2.05, 4.69) is 15.9 Å². The molecule has 22 heavy (non-hydrogen) atoms. The van der Waals surface area contributed by atoms with E-state index < -0.39 is 10.0 Å². The van der Waals surface area contributed by atoms with Gasteiger partial charge in [-0.25, -0.2) is 8.42 Å². The summed E-state index contributed by atoms with van der Waals surface area (Å²) in [5, 5.41) is 0.264. The number of nitrogens with two attached hydrogens (primary N) is 1. The Hall–Kier alpha value is -0.0500. The van der Waals surface area contributed by atoms with Crippen LogP contribution in [0.5, 0.6) is 5.75 Å². The van der Waals surface area contributed by atoms with Gasteiger partial charge in [0.15, 0.2) is 0 Å². The number of hydrogen-bond donors (Lipinski definition) is 1. The zero-order chi connectivity index (χ0) is 15.6. The van der Waals surface area contributed by atoms with Crippen LogP contribution in [0.15, 0.2) is 21.5 Å². The van der Waals surface area contributed by atoms with E-state index in [1.165, 1.54) is 17.5 Å². The molecule has 1 atom stereocenters. The van der Waals surface area contributed by atoms with Gasteiger partial charge < -0.3 is 10.5 Å². The van der Waals surface area contributed by atoms with Crippen molar-refractivity contribution in [3.8, 4) is 5.75 Å². The molecule has 1 unspecified atom stereocenters. The van der Waals surface area contributed by atoms with E-state index in [9.17, 15) is 8.42 Å². The molecular weight excluding hydrogens is 415 g/mol. The predicted molar refractivity (Wildman–Crippen MR) is 93.5 cm³/mol. The molecule has 1 heterocycles. The monoisotopic (exact) mass is 432 g/mol. The van der Waals surface area contributed by atoms with Crippen LogP contribution < -0.4 is 10.5 Å². The molecule has 0 aliphatic carbocycles. The quantitative estimate of drug-likeness (QED) is 0.791. The average Bonchev–Trinajstić information content (AvgIpc) is 2.48. The van der Waals surface area contributed by atoms with Crippen molar-refractivity contribution >= 4 is 50.0 Å². The zero-order valence-electron chi connectivity index (χ0n) is 12.1. The highest BCUT2D eigenvalue weighted by atomic mass is 79.9. The van der Waals surface area contributed by atoms with Gasteiger partial charge in [0.25, 0.3) is 0 Å². The number of sulfonamides is 1. The van der Waals surface area contributed by atoms with Crippen molar-refractivity contribution in [1.29, 1.82) is 0 Å². The summed E-state index contributed by atoms with van der Waals surface area (Å²) >= 11 is 9.35. The summed E-state index contributed by atoms with van der Waals surface area (Å²) < 4.78 is 32.8. The van der Waals surface area contributed by atoms with Gasteiger partial charge >= 0.3 is 0 Å². The van der Waals surface area contributed by atoms with E-state index in [-0.39, 0.29) is 28.4 Å².